The number of nitrogens with zero attached hydrogens (tertiary/aromatic N) is 1. The molecule has 19 heavy (non-hydrogen) atoms. The van der Waals surface area contributed by atoms with Gasteiger partial charge in [-0.15, -0.1) is 0 Å². The summed E-state index contributed by atoms with van der Waals surface area (Å²) in [6, 6.07) is 3.43. The molecule has 0 saturated carbocycles. The fraction of sp³-hybridized carbons (Fsp3) is 0.400. The number of benzene rings is 1. The summed E-state index contributed by atoms with van der Waals surface area (Å²) in [6.07, 6.45) is 0. The molecule has 2 N–H and O–H groups in total. The molecular formula is C10H14ClN3O4S. The number of likely N-dealkylation sites (N-methyl/N-ethyl adjacent to an activating group) is 1. The van der Waals surface area contributed by atoms with Crippen LogP contribution in [0.3, 0.4) is 0 Å². The normalized spacial score (nSPS) is 11.5. The number of hydrogen-bond donors (Lipinski definition) is 2. The number of nitrogens with one attached hydrogen (secondary N) is 2. The highest BCUT2D eigenvalue weighted by atomic mass is 35.5. The van der Waals surface area contributed by atoms with Crippen molar-refractivity contribution in [2.75, 3.05) is 19.6 Å². The quantitative estimate of drug-likeness (QED) is 0.447. The van der Waals surface area contributed by atoms with Gasteiger partial charge in [-0.3, -0.25) is 10.1 Å². The molecule has 0 atom stereocenters. The molecule has 0 aromatic heterocycles. The predicted molar refractivity (Wildman–Crippen MR) is 71.8 cm³/mol. The molecule has 106 valence electrons. The van der Waals surface area contributed by atoms with Gasteiger partial charge in [0.2, 0.25) is 10.0 Å². The van der Waals surface area contributed by atoms with Crippen molar-refractivity contribution in [2.45, 2.75) is 11.8 Å². The van der Waals surface area contributed by atoms with Crippen LogP contribution in [0.15, 0.2) is 23.1 Å². The molecule has 0 radical (unpaired) electrons. The smallest absolute Gasteiger partial charge is 0.290 e. The van der Waals surface area contributed by atoms with Crippen molar-refractivity contribution >= 4 is 27.3 Å². The number of nitro groups is 1. The average molecular weight is 308 g/mol. The first-order valence-corrected chi connectivity index (χ1v) is 7.39. The van der Waals surface area contributed by atoms with Crippen molar-refractivity contribution in [3.05, 3.63) is 33.3 Å². The van der Waals surface area contributed by atoms with Crippen molar-refractivity contribution in [2.24, 2.45) is 0 Å². The second kappa shape index (κ2) is 6.80. The van der Waals surface area contributed by atoms with Crippen LogP contribution in [-0.2, 0) is 10.0 Å². The summed E-state index contributed by atoms with van der Waals surface area (Å²) in [5, 5.41) is 13.9. The summed E-state index contributed by atoms with van der Waals surface area (Å²) < 4.78 is 26.2. The van der Waals surface area contributed by atoms with Crippen molar-refractivity contribution < 1.29 is 13.3 Å². The molecule has 1 aromatic rings. The lowest BCUT2D eigenvalue weighted by Crippen LogP contribution is -2.32. The van der Waals surface area contributed by atoms with Gasteiger partial charge < -0.3 is 5.32 Å². The minimum absolute atomic E-state index is 0.110. The van der Waals surface area contributed by atoms with Gasteiger partial charge in [-0.1, -0.05) is 18.5 Å². The van der Waals surface area contributed by atoms with Crippen molar-refractivity contribution in [1.82, 2.24) is 10.0 Å². The first kappa shape index (κ1) is 15.8. The first-order chi connectivity index (χ1) is 8.88. The van der Waals surface area contributed by atoms with Crippen molar-refractivity contribution in [3.63, 3.8) is 0 Å². The lowest BCUT2D eigenvalue weighted by molar-refractivity contribution is -0.387. The molecule has 0 aliphatic rings. The van der Waals surface area contributed by atoms with Crippen LogP contribution in [-0.4, -0.2) is 33.0 Å². The van der Waals surface area contributed by atoms with Crippen LogP contribution in [0.25, 0.3) is 0 Å². The second-order valence-electron chi connectivity index (χ2n) is 3.62. The summed E-state index contributed by atoms with van der Waals surface area (Å²) >= 11 is 5.63. The van der Waals surface area contributed by atoms with E-state index in [-0.39, 0.29) is 11.6 Å². The summed E-state index contributed by atoms with van der Waals surface area (Å²) in [6.45, 7) is 3.19. The Balaban J connectivity index is 2.98. The van der Waals surface area contributed by atoms with Crippen LogP contribution < -0.4 is 10.0 Å². The first-order valence-electron chi connectivity index (χ1n) is 5.53. The minimum Gasteiger partial charge on any atom is -0.316 e. The third kappa shape index (κ3) is 4.43. The van der Waals surface area contributed by atoms with E-state index >= 15 is 0 Å². The van der Waals surface area contributed by atoms with Gasteiger partial charge in [0, 0.05) is 24.2 Å². The molecule has 0 aliphatic carbocycles. The summed E-state index contributed by atoms with van der Waals surface area (Å²) in [5.41, 5.74) is -0.538. The second-order valence-corrected chi connectivity index (χ2v) is 5.79. The number of hydrogen-bond acceptors (Lipinski definition) is 5. The maximum atomic E-state index is 11.9. The van der Waals surface area contributed by atoms with Crippen molar-refractivity contribution in [3.8, 4) is 0 Å². The Morgan fingerprint density at radius 1 is 1.37 bits per heavy atom. The van der Waals surface area contributed by atoms with Crippen LogP contribution >= 0.6 is 11.6 Å². The Bertz CT molecular complexity index is 562. The van der Waals surface area contributed by atoms with E-state index in [0.29, 0.717) is 13.1 Å². The van der Waals surface area contributed by atoms with E-state index in [0.717, 1.165) is 12.1 Å². The molecule has 1 aromatic carbocycles. The van der Waals surface area contributed by atoms with Gasteiger partial charge in [-0.25, -0.2) is 13.1 Å². The van der Waals surface area contributed by atoms with Gasteiger partial charge in [0.15, 0.2) is 4.90 Å². The molecular weight excluding hydrogens is 294 g/mol. The van der Waals surface area contributed by atoms with E-state index in [1.165, 1.54) is 6.07 Å². The largest absolute Gasteiger partial charge is 0.316 e. The van der Waals surface area contributed by atoms with Crippen molar-refractivity contribution in [1.29, 1.82) is 0 Å². The van der Waals surface area contributed by atoms with E-state index in [2.05, 4.69) is 10.0 Å². The van der Waals surface area contributed by atoms with Gasteiger partial charge in [0.25, 0.3) is 5.69 Å². The zero-order valence-corrected chi connectivity index (χ0v) is 11.8. The fourth-order valence-electron chi connectivity index (χ4n) is 1.39. The minimum atomic E-state index is -3.92. The maximum absolute atomic E-state index is 11.9. The maximum Gasteiger partial charge on any atom is 0.290 e. The summed E-state index contributed by atoms with van der Waals surface area (Å²) in [4.78, 5) is 9.68. The number of rotatable bonds is 7. The highest BCUT2D eigenvalue weighted by molar-refractivity contribution is 7.89. The Morgan fingerprint density at radius 2 is 2.05 bits per heavy atom. The van der Waals surface area contributed by atoms with Crippen LogP contribution in [0.2, 0.25) is 5.02 Å². The molecule has 1 rings (SSSR count). The standard InChI is InChI=1S/C10H14ClN3O4S/c1-2-12-5-6-13-19(17,18)10-4-3-8(11)7-9(10)14(15)16/h3-4,7,12-13H,2,5-6H2,1H3. The molecule has 0 unspecified atom stereocenters. The van der Waals surface area contributed by atoms with Crippen LogP contribution in [0.5, 0.6) is 0 Å². The van der Waals surface area contributed by atoms with E-state index in [1.54, 1.807) is 0 Å². The highest BCUT2D eigenvalue weighted by Crippen LogP contribution is 2.26. The fourth-order valence-corrected chi connectivity index (χ4v) is 2.74. The van der Waals surface area contributed by atoms with E-state index < -0.39 is 25.5 Å². The Labute approximate surface area is 116 Å². The topological polar surface area (TPSA) is 101 Å². The molecule has 0 spiro atoms. The third-order valence-corrected chi connectivity index (χ3v) is 3.99. The molecule has 0 bridgehead atoms. The molecule has 0 saturated heterocycles. The third-order valence-electron chi connectivity index (χ3n) is 2.25. The summed E-state index contributed by atoms with van der Waals surface area (Å²) in [7, 11) is -3.92. The SMILES string of the molecule is CCNCCNS(=O)(=O)c1ccc(Cl)cc1[N+](=O)[O-]. The average Bonchev–Trinajstić information content (AvgIpc) is 2.34. The van der Waals surface area contributed by atoms with Gasteiger partial charge >= 0.3 is 0 Å². The molecule has 9 heteroatoms. The number of halogens is 1. The van der Waals surface area contributed by atoms with Gasteiger partial charge in [0.1, 0.15) is 0 Å². The van der Waals surface area contributed by atoms with Crippen LogP contribution in [0.4, 0.5) is 5.69 Å². The number of nitro benzene ring substituents is 1. The zero-order valence-electron chi connectivity index (χ0n) is 10.2. The van der Waals surface area contributed by atoms with Crippen LogP contribution in [0, 0.1) is 10.1 Å². The monoisotopic (exact) mass is 307 g/mol. The Kier molecular flexibility index (Phi) is 5.67. The predicted octanol–water partition coefficient (Wildman–Crippen LogP) is 1.14. The Morgan fingerprint density at radius 3 is 2.63 bits per heavy atom. The summed E-state index contributed by atoms with van der Waals surface area (Å²) in [5.74, 6) is 0. The van der Waals surface area contributed by atoms with Crippen LogP contribution in [0.1, 0.15) is 6.92 Å². The molecule has 0 fully saturated rings. The lowest BCUT2D eigenvalue weighted by atomic mass is 10.3. The van der Waals surface area contributed by atoms with E-state index in [4.69, 9.17) is 11.6 Å². The lowest BCUT2D eigenvalue weighted by Gasteiger charge is -2.07. The molecule has 0 amide bonds. The van der Waals surface area contributed by atoms with E-state index in [1.807, 2.05) is 6.92 Å². The highest BCUT2D eigenvalue weighted by Gasteiger charge is 2.25. The van der Waals surface area contributed by atoms with E-state index in [9.17, 15) is 18.5 Å². The van der Waals surface area contributed by atoms with Gasteiger partial charge in [-0.2, -0.15) is 0 Å². The molecule has 0 heterocycles. The molecule has 7 nitrogen and oxygen atoms in total. The zero-order chi connectivity index (χ0) is 14.5. The molecule has 0 aliphatic heterocycles. The Hall–Kier alpha value is -1.22. The van der Waals surface area contributed by atoms with Gasteiger partial charge in [0.05, 0.1) is 4.92 Å². The van der Waals surface area contributed by atoms with Gasteiger partial charge in [-0.05, 0) is 18.7 Å². The number of sulfonamides is 1.